The Kier molecular flexibility index (Phi) is 2.38. The quantitative estimate of drug-likeness (QED) is 0.775. The van der Waals surface area contributed by atoms with Crippen molar-refractivity contribution in [3.05, 3.63) is 36.0 Å². The number of nitrogens with zero attached hydrogens (tertiary/aromatic N) is 3. The standard InChI is InChI=1S/C14H11FN4O2/c15-7-1-4-10-9(5-7)18-13(19(10)8-2-3-8)11-12(14(20)21)17-6-16-11/h1,4-6,8H,2-3H2,(H,16,17)(H,20,21). The predicted octanol–water partition coefficient (Wildman–Crippen LogP) is 2.60. The maximum atomic E-state index is 13.4. The van der Waals surface area contributed by atoms with Gasteiger partial charge >= 0.3 is 5.97 Å². The number of benzene rings is 1. The van der Waals surface area contributed by atoms with Crippen LogP contribution in [0.2, 0.25) is 0 Å². The Hall–Kier alpha value is -2.70. The Labute approximate surface area is 118 Å². The summed E-state index contributed by atoms with van der Waals surface area (Å²) in [7, 11) is 0. The number of rotatable bonds is 3. The zero-order valence-electron chi connectivity index (χ0n) is 10.9. The molecule has 0 atom stereocenters. The number of carboxylic acid groups (broad SMARTS) is 1. The number of hydrogen-bond donors (Lipinski definition) is 2. The largest absolute Gasteiger partial charge is 0.477 e. The third-order valence-corrected chi connectivity index (χ3v) is 3.63. The van der Waals surface area contributed by atoms with Gasteiger partial charge in [0.1, 0.15) is 11.5 Å². The van der Waals surface area contributed by atoms with Crippen molar-refractivity contribution in [3.8, 4) is 11.5 Å². The van der Waals surface area contributed by atoms with Crippen LogP contribution in [0.5, 0.6) is 0 Å². The van der Waals surface area contributed by atoms with Gasteiger partial charge in [-0.2, -0.15) is 0 Å². The summed E-state index contributed by atoms with van der Waals surface area (Å²) in [6.45, 7) is 0. The van der Waals surface area contributed by atoms with E-state index in [9.17, 15) is 14.3 Å². The lowest BCUT2D eigenvalue weighted by Gasteiger charge is -2.06. The summed E-state index contributed by atoms with van der Waals surface area (Å²) in [4.78, 5) is 22.3. The van der Waals surface area contributed by atoms with Gasteiger partial charge in [-0.05, 0) is 25.0 Å². The molecule has 4 rings (SSSR count). The second-order valence-corrected chi connectivity index (χ2v) is 5.10. The fourth-order valence-electron chi connectivity index (χ4n) is 2.57. The number of H-pyrrole nitrogens is 1. The van der Waals surface area contributed by atoms with Crippen molar-refractivity contribution in [3.63, 3.8) is 0 Å². The van der Waals surface area contributed by atoms with Gasteiger partial charge in [-0.25, -0.2) is 19.2 Å². The smallest absolute Gasteiger partial charge is 0.354 e. The topological polar surface area (TPSA) is 83.8 Å². The molecule has 0 saturated heterocycles. The number of fused-ring (bicyclic) bond motifs is 1. The second kappa shape index (κ2) is 4.15. The summed E-state index contributed by atoms with van der Waals surface area (Å²) < 4.78 is 15.3. The second-order valence-electron chi connectivity index (χ2n) is 5.10. The number of imidazole rings is 2. The molecule has 1 aromatic carbocycles. The van der Waals surface area contributed by atoms with E-state index in [4.69, 9.17) is 0 Å². The molecule has 3 aromatic rings. The van der Waals surface area contributed by atoms with Crippen molar-refractivity contribution in [2.24, 2.45) is 0 Å². The minimum Gasteiger partial charge on any atom is -0.477 e. The molecule has 2 heterocycles. The number of aromatic amines is 1. The molecule has 1 saturated carbocycles. The lowest BCUT2D eigenvalue weighted by atomic mass is 10.3. The molecule has 1 aliphatic carbocycles. The van der Waals surface area contributed by atoms with Crippen LogP contribution in [-0.2, 0) is 0 Å². The van der Waals surface area contributed by atoms with Crippen LogP contribution in [0.25, 0.3) is 22.6 Å². The van der Waals surface area contributed by atoms with Crippen molar-refractivity contribution in [1.29, 1.82) is 0 Å². The first-order valence-electron chi connectivity index (χ1n) is 6.59. The molecule has 0 radical (unpaired) electrons. The molecule has 106 valence electrons. The van der Waals surface area contributed by atoms with E-state index < -0.39 is 5.97 Å². The van der Waals surface area contributed by atoms with Gasteiger partial charge in [0.2, 0.25) is 0 Å². The zero-order valence-corrected chi connectivity index (χ0v) is 10.9. The fourth-order valence-corrected chi connectivity index (χ4v) is 2.57. The minimum atomic E-state index is -1.09. The molecule has 2 N–H and O–H groups in total. The maximum Gasteiger partial charge on any atom is 0.354 e. The lowest BCUT2D eigenvalue weighted by molar-refractivity contribution is 0.0692. The first-order valence-corrected chi connectivity index (χ1v) is 6.59. The van der Waals surface area contributed by atoms with Crippen LogP contribution in [0, 0.1) is 5.82 Å². The van der Waals surface area contributed by atoms with Gasteiger partial charge in [0.25, 0.3) is 0 Å². The van der Waals surface area contributed by atoms with E-state index in [0.717, 1.165) is 18.4 Å². The molecule has 2 aromatic heterocycles. The molecule has 6 nitrogen and oxygen atoms in total. The zero-order chi connectivity index (χ0) is 14.6. The van der Waals surface area contributed by atoms with E-state index in [0.29, 0.717) is 11.3 Å². The van der Waals surface area contributed by atoms with Crippen LogP contribution in [0.15, 0.2) is 24.5 Å². The van der Waals surface area contributed by atoms with Crippen molar-refractivity contribution in [2.45, 2.75) is 18.9 Å². The van der Waals surface area contributed by atoms with Gasteiger partial charge in [-0.15, -0.1) is 0 Å². The number of hydrogen-bond acceptors (Lipinski definition) is 3. The molecule has 7 heteroatoms. The van der Waals surface area contributed by atoms with Gasteiger partial charge in [0, 0.05) is 12.1 Å². The van der Waals surface area contributed by atoms with Crippen molar-refractivity contribution in [2.75, 3.05) is 0 Å². The average molecular weight is 286 g/mol. The summed E-state index contributed by atoms with van der Waals surface area (Å²) in [5.74, 6) is -0.991. The van der Waals surface area contributed by atoms with Crippen LogP contribution in [-0.4, -0.2) is 30.6 Å². The fraction of sp³-hybridized carbons (Fsp3) is 0.214. The molecule has 0 amide bonds. The third-order valence-electron chi connectivity index (χ3n) is 3.63. The summed E-state index contributed by atoms with van der Waals surface area (Å²) >= 11 is 0. The van der Waals surface area contributed by atoms with Gasteiger partial charge < -0.3 is 14.7 Å². The SMILES string of the molecule is O=C(O)c1[nH]cnc1-c1nc2cc(F)ccc2n1C1CC1. The third kappa shape index (κ3) is 1.81. The summed E-state index contributed by atoms with van der Waals surface area (Å²) in [6, 6.07) is 4.68. The highest BCUT2D eigenvalue weighted by Crippen LogP contribution is 2.41. The summed E-state index contributed by atoms with van der Waals surface area (Å²) in [5, 5.41) is 9.21. The Morgan fingerprint density at radius 3 is 2.95 bits per heavy atom. The highest BCUT2D eigenvalue weighted by atomic mass is 19.1. The molecular formula is C14H11FN4O2. The summed E-state index contributed by atoms with van der Waals surface area (Å²) in [5.41, 5.74) is 1.59. The molecule has 0 unspecified atom stereocenters. The number of halogens is 1. The molecule has 21 heavy (non-hydrogen) atoms. The molecule has 0 bridgehead atoms. The van der Waals surface area contributed by atoms with Crippen molar-refractivity contribution in [1.82, 2.24) is 19.5 Å². The average Bonchev–Trinajstić information content (AvgIpc) is 3.03. The minimum absolute atomic E-state index is 0.00678. The number of nitrogens with one attached hydrogen (secondary N) is 1. The van der Waals surface area contributed by atoms with Crippen LogP contribution in [0.3, 0.4) is 0 Å². The van der Waals surface area contributed by atoms with Gasteiger partial charge in [-0.1, -0.05) is 0 Å². The maximum absolute atomic E-state index is 13.4. The predicted molar refractivity (Wildman–Crippen MR) is 72.5 cm³/mol. The van der Waals surface area contributed by atoms with E-state index in [-0.39, 0.29) is 23.2 Å². The Morgan fingerprint density at radius 1 is 1.43 bits per heavy atom. The molecule has 0 spiro atoms. The van der Waals surface area contributed by atoms with Crippen LogP contribution in [0.4, 0.5) is 4.39 Å². The van der Waals surface area contributed by atoms with Crippen molar-refractivity contribution < 1.29 is 14.3 Å². The lowest BCUT2D eigenvalue weighted by Crippen LogP contribution is -2.04. The molecular weight excluding hydrogens is 275 g/mol. The van der Waals surface area contributed by atoms with E-state index in [1.807, 2.05) is 4.57 Å². The van der Waals surface area contributed by atoms with Crippen LogP contribution < -0.4 is 0 Å². The first-order chi connectivity index (χ1) is 10.1. The van der Waals surface area contributed by atoms with E-state index in [2.05, 4.69) is 15.0 Å². The normalized spacial score (nSPS) is 14.7. The number of carbonyl (C=O) groups is 1. The van der Waals surface area contributed by atoms with Gasteiger partial charge in [0.15, 0.2) is 11.5 Å². The Bertz CT molecular complexity index is 863. The molecule has 1 fully saturated rings. The van der Waals surface area contributed by atoms with Gasteiger partial charge in [0.05, 0.1) is 17.4 Å². The molecule has 0 aliphatic heterocycles. The molecule has 1 aliphatic rings. The van der Waals surface area contributed by atoms with Crippen LogP contribution in [0.1, 0.15) is 29.4 Å². The Balaban J connectivity index is 2.01. The number of carboxylic acids is 1. The monoisotopic (exact) mass is 286 g/mol. The van der Waals surface area contributed by atoms with E-state index in [1.54, 1.807) is 6.07 Å². The van der Waals surface area contributed by atoms with Crippen LogP contribution >= 0.6 is 0 Å². The highest BCUT2D eigenvalue weighted by molar-refractivity contribution is 5.93. The number of aromatic carboxylic acids is 1. The van der Waals surface area contributed by atoms with E-state index >= 15 is 0 Å². The summed E-state index contributed by atoms with van der Waals surface area (Å²) in [6.07, 6.45) is 3.33. The first kappa shape index (κ1) is 12.1. The Morgan fingerprint density at radius 2 is 2.24 bits per heavy atom. The number of aromatic nitrogens is 4. The van der Waals surface area contributed by atoms with Gasteiger partial charge in [-0.3, -0.25) is 0 Å². The van der Waals surface area contributed by atoms with E-state index in [1.165, 1.54) is 18.5 Å². The van der Waals surface area contributed by atoms with Crippen molar-refractivity contribution >= 4 is 17.0 Å². The highest BCUT2D eigenvalue weighted by Gasteiger charge is 2.31.